The summed E-state index contributed by atoms with van der Waals surface area (Å²) < 4.78 is 2.36. The van der Waals surface area contributed by atoms with Crippen LogP contribution in [0.25, 0.3) is 43.9 Å². The molecule has 0 saturated heterocycles. The summed E-state index contributed by atoms with van der Waals surface area (Å²) in [4.78, 5) is 0. The average Bonchev–Trinajstić information content (AvgIpc) is 3.05. The van der Waals surface area contributed by atoms with Gasteiger partial charge in [0.2, 0.25) is 0 Å². The predicted octanol–water partition coefficient (Wildman–Crippen LogP) is 7.32. The first-order valence-electron chi connectivity index (χ1n) is 9.37. The number of pyridine rings is 1. The summed E-state index contributed by atoms with van der Waals surface area (Å²) in [6, 6.07) is 25.7. The average molecular weight is 370 g/mol. The van der Waals surface area contributed by atoms with E-state index in [-0.39, 0.29) is 0 Å². The zero-order valence-electron chi connectivity index (χ0n) is 15.5. The van der Waals surface area contributed by atoms with Crippen LogP contribution in [0.5, 0.6) is 0 Å². The summed E-state index contributed by atoms with van der Waals surface area (Å²) in [5.74, 6) is 0. The zero-order chi connectivity index (χ0) is 18.5. The third kappa shape index (κ3) is 2.32. The van der Waals surface area contributed by atoms with Gasteiger partial charge in [-0.05, 0) is 46.5 Å². The van der Waals surface area contributed by atoms with Crippen LogP contribution in [0.2, 0.25) is 5.02 Å². The van der Waals surface area contributed by atoms with Gasteiger partial charge in [0.15, 0.2) is 0 Å². The fraction of sp³-hybridized carbons (Fsp3) is 0.120. The number of hydrogen-bond donors (Lipinski definition) is 0. The van der Waals surface area contributed by atoms with Crippen LogP contribution < -0.4 is 0 Å². The van der Waals surface area contributed by atoms with E-state index in [1.54, 1.807) is 0 Å². The van der Waals surface area contributed by atoms with Gasteiger partial charge in [-0.15, -0.1) is 0 Å². The number of hydrogen-bond acceptors (Lipinski definition) is 0. The molecule has 0 fully saturated rings. The third-order valence-corrected chi connectivity index (χ3v) is 5.91. The van der Waals surface area contributed by atoms with Gasteiger partial charge < -0.3 is 4.57 Å². The Morgan fingerprint density at radius 2 is 1.30 bits per heavy atom. The van der Waals surface area contributed by atoms with Crippen molar-refractivity contribution >= 4 is 33.3 Å². The second-order valence-electron chi connectivity index (χ2n) is 7.05. The smallest absolute Gasteiger partial charge is 0.0485 e. The van der Waals surface area contributed by atoms with E-state index in [1.807, 2.05) is 12.1 Å². The van der Waals surface area contributed by atoms with Gasteiger partial charge in [0.1, 0.15) is 0 Å². The zero-order valence-corrected chi connectivity index (χ0v) is 16.2. The van der Waals surface area contributed by atoms with Gasteiger partial charge in [0.05, 0.1) is 0 Å². The Morgan fingerprint density at radius 3 is 1.96 bits per heavy atom. The SMILES string of the molecule is CCc1c2c3ccccc3c(-c3ccc(Cl)cc3)c-2c2ccccc2n1C. The minimum absolute atomic E-state index is 0.768. The van der Waals surface area contributed by atoms with Crippen molar-refractivity contribution in [3.05, 3.63) is 83.5 Å². The van der Waals surface area contributed by atoms with E-state index in [0.717, 1.165) is 11.4 Å². The van der Waals surface area contributed by atoms with Crippen molar-refractivity contribution in [3.63, 3.8) is 0 Å². The molecule has 0 saturated carbocycles. The fourth-order valence-electron chi connectivity index (χ4n) is 4.50. The van der Waals surface area contributed by atoms with Crippen LogP contribution >= 0.6 is 11.6 Å². The van der Waals surface area contributed by atoms with E-state index in [4.69, 9.17) is 11.6 Å². The normalized spacial score (nSPS) is 11.7. The van der Waals surface area contributed by atoms with Crippen molar-refractivity contribution in [2.75, 3.05) is 0 Å². The molecule has 132 valence electrons. The van der Waals surface area contributed by atoms with Crippen LogP contribution in [-0.4, -0.2) is 4.57 Å². The van der Waals surface area contributed by atoms with Crippen LogP contribution in [0.1, 0.15) is 12.6 Å². The van der Waals surface area contributed by atoms with Gasteiger partial charge in [-0.3, -0.25) is 0 Å². The third-order valence-electron chi connectivity index (χ3n) is 5.66. The molecule has 1 aliphatic carbocycles. The molecule has 0 bridgehead atoms. The first kappa shape index (κ1) is 16.4. The standard InChI is InChI=1S/C25H20ClN/c1-3-21-24-19-9-5-4-8-18(19)23(16-12-14-17(26)15-13-16)25(24)20-10-6-7-11-22(20)27(21)2/h4-15H,3H2,1-2H3. The number of halogens is 1. The highest BCUT2D eigenvalue weighted by molar-refractivity contribution is 6.30. The Morgan fingerprint density at radius 1 is 0.704 bits per heavy atom. The largest absolute Gasteiger partial charge is 0.347 e. The highest BCUT2D eigenvalue weighted by Crippen LogP contribution is 2.49. The van der Waals surface area contributed by atoms with E-state index >= 15 is 0 Å². The van der Waals surface area contributed by atoms with Crippen molar-refractivity contribution < 1.29 is 0 Å². The van der Waals surface area contributed by atoms with Gasteiger partial charge in [0.25, 0.3) is 0 Å². The number of aromatic nitrogens is 1. The van der Waals surface area contributed by atoms with E-state index in [1.165, 1.54) is 49.6 Å². The highest BCUT2D eigenvalue weighted by Gasteiger charge is 2.25. The molecule has 2 aliphatic rings. The Hall–Kier alpha value is -2.77. The number of benzene rings is 3. The monoisotopic (exact) mass is 369 g/mol. The van der Waals surface area contributed by atoms with Crippen molar-refractivity contribution in [2.45, 2.75) is 13.3 Å². The summed E-state index contributed by atoms with van der Waals surface area (Å²) in [5, 5.41) is 4.70. The molecule has 3 aromatic rings. The van der Waals surface area contributed by atoms with Crippen LogP contribution in [0, 0.1) is 0 Å². The molecule has 27 heavy (non-hydrogen) atoms. The maximum absolute atomic E-state index is 6.17. The second-order valence-corrected chi connectivity index (χ2v) is 7.49. The lowest BCUT2D eigenvalue weighted by Gasteiger charge is -2.19. The van der Waals surface area contributed by atoms with Gasteiger partial charge >= 0.3 is 0 Å². The van der Waals surface area contributed by atoms with Crippen LogP contribution in [-0.2, 0) is 13.5 Å². The molecule has 1 heterocycles. The van der Waals surface area contributed by atoms with Crippen molar-refractivity contribution in [3.8, 4) is 22.3 Å². The highest BCUT2D eigenvalue weighted by atomic mass is 35.5. The van der Waals surface area contributed by atoms with E-state index in [2.05, 4.69) is 79.2 Å². The Labute approximate surface area is 164 Å². The molecule has 0 amide bonds. The molecule has 0 unspecified atom stereocenters. The number of rotatable bonds is 2. The molecule has 0 atom stereocenters. The van der Waals surface area contributed by atoms with Gasteiger partial charge in [-0.1, -0.05) is 73.1 Å². The minimum atomic E-state index is 0.768. The summed E-state index contributed by atoms with van der Waals surface area (Å²) >= 11 is 6.17. The van der Waals surface area contributed by atoms with Crippen LogP contribution in [0.3, 0.4) is 0 Å². The van der Waals surface area contributed by atoms with Crippen molar-refractivity contribution in [1.29, 1.82) is 0 Å². The van der Waals surface area contributed by atoms with Gasteiger partial charge in [-0.2, -0.15) is 0 Å². The Kier molecular flexibility index (Phi) is 3.73. The molecule has 0 aromatic heterocycles. The summed E-state index contributed by atoms with van der Waals surface area (Å²) in [6.45, 7) is 2.24. The minimum Gasteiger partial charge on any atom is -0.347 e. The first-order valence-corrected chi connectivity index (χ1v) is 9.75. The maximum atomic E-state index is 6.17. The molecular weight excluding hydrogens is 350 g/mol. The Bertz CT molecular complexity index is 1260. The quantitative estimate of drug-likeness (QED) is 0.307. The van der Waals surface area contributed by atoms with E-state index in [9.17, 15) is 0 Å². The number of fused-ring (bicyclic) bond motifs is 5. The van der Waals surface area contributed by atoms with Gasteiger partial charge in [-0.25, -0.2) is 0 Å². The van der Waals surface area contributed by atoms with Gasteiger partial charge in [0, 0.05) is 39.8 Å². The second kappa shape index (κ2) is 6.14. The number of para-hydroxylation sites is 1. The number of nitrogens with zero attached hydrogens (tertiary/aromatic N) is 1. The van der Waals surface area contributed by atoms with Crippen molar-refractivity contribution in [1.82, 2.24) is 4.57 Å². The molecule has 1 nitrogen and oxygen atoms in total. The summed E-state index contributed by atoms with van der Waals surface area (Å²) in [5.41, 5.74) is 7.89. The van der Waals surface area contributed by atoms with Crippen LogP contribution in [0.15, 0.2) is 72.8 Å². The molecule has 0 N–H and O–H groups in total. The molecular formula is C25H20ClN. The summed E-state index contributed by atoms with van der Waals surface area (Å²) in [7, 11) is 2.18. The lowest BCUT2D eigenvalue weighted by molar-refractivity contribution is 0.854. The summed E-state index contributed by atoms with van der Waals surface area (Å²) in [6.07, 6.45) is 0.992. The molecule has 1 aliphatic heterocycles. The molecule has 0 radical (unpaired) electrons. The van der Waals surface area contributed by atoms with E-state index < -0.39 is 0 Å². The number of aryl methyl sites for hydroxylation is 1. The molecule has 5 rings (SSSR count). The Balaban J connectivity index is 2.07. The van der Waals surface area contributed by atoms with E-state index in [0.29, 0.717) is 0 Å². The first-order chi connectivity index (χ1) is 13.2. The predicted molar refractivity (Wildman–Crippen MR) is 117 cm³/mol. The maximum Gasteiger partial charge on any atom is 0.0485 e. The molecule has 2 heteroatoms. The van der Waals surface area contributed by atoms with Crippen LogP contribution in [0.4, 0.5) is 0 Å². The lowest BCUT2D eigenvalue weighted by atomic mass is 9.93. The molecule has 0 spiro atoms. The fourth-order valence-corrected chi connectivity index (χ4v) is 4.63. The van der Waals surface area contributed by atoms with Crippen molar-refractivity contribution in [2.24, 2.45) is 7.05 Å². The topological polar surface area (TPSA) is 4.93 Å². The lowest BCUT2D eigenvalue weighted by Crippen LogP contribution is -2.05. The molecule has 3 aromatic carbocycles.